The Morgan fingerprint density at radius 2 is 1.68 bits per heavy atom. The van der Waals surface area contributed by atoms with Gasteiger partial charge in [-0.3, -0.25) is 14.7 Å². The molecule has 0 aromatic carbocycles. The SMILES string of the molecule is O=C(CC1CCCC1)N1CCC(OC2CCN(Cc3cccnc3)CC2)CC1. The lowest BCUT2D eigenvalue weighted by Crippen LogP contribution is -2.44. The zero-order chi connectivity index (χ0) is 19.2. The smallest absolute Gasteiger partial charge is 0.222 e. The summed E-state index contributed by atoms with van der Waals surface area (Å²) in [4.78, 5) is 21.3. The van der Waals surface area contributed by atoms with Crippen LogP contribution in [0.5, 0.6) is 0 Å². The highest BCUT2D eigenvalue weighted by Gasteiger charge is 2.28. The molecular formula is C23H35N3O2. The molecule has 154 valence electrons. The molecule has 3 fully saturated rings. The van der Waals surface area contributed by atoms with Crippen LogP contribution < -0.4 is 0 Å². The van der Waals surface area contributed by atoms with Crippen molar-refractivity contribution in [3.05, 3.63) is 30.1 Å². The molecule has 0 bridgehead atoms. The van der Waals surface area contributed by atoms with E-state index < -0.39 is 0 Å². The third kappa shape index (κ3) is 5.54. The second-order valence-electron chi connectivity index (χ2n) is 8.91. The normalized spacial score (nSPS) is 23.4. The average molecular weight is 386 g/mol. The lowest BCUT2D eigenvalue weighted by Gasteiger charge is -2.37. The predicted octanol–water partition coefficient (Wildman–Crippen LogP) is 3.63. The van der Waals surface area contributed by atoms with Crippen molar-refractivity contribution in [3.63, 3.8) is 0 Å². The number of hydrogen-bond donors (Lipinski definition) is 0. The fourth-order valence-corrected chi connectivity index (χ4v) is 5.06. The number of piperidine rings is 2. The van der Waals surface area contributed by atoms with Crippen LogP contribution in [0.15, 0.2) is 24.5 Å². The third-order valence-corrected chi connectivity index (χ3v) is 6.78. The average Bonchev–Trinajstić information content (AvgIpc) is 3.24. The lowest BCUT2D eigenvalue weighted by atomic mass is 10.0. The highest BCUT2D eigenvalue weighted by Crippen LogP contribution is 2.29. The van der Waals surface area contributed by atoms with Crippen molar-refractivity contribution in [2.24, 2.45) is 5.92 Å². The number of carbonyl (C=O) groups excluding carboxylic acids is 1. The Morgan fingerprint density at radius 3 is 2.32 bits per heavy atom. The van der Waals surface area contributed by atoms with Gasteiger partial charge in [0, 0.05) is 51.5 Å². The fraction of sp³-hybridized carbons (Fsp3) is 0.739. The Bertz CT molecular complexity index is 602. The number of carbonyl (C=O) groups is 1. The maximum absolute atomic E-state index is 12.5. The van der Waals surface area contributed by atoms with Gasteiger partial charge in [0.25, 0.3) is 0 Å². The summed E-state index contributed by atoms with van der Waals surface area (Å²) < 4.78 is 6.42. The van der Waals surface area contributed by atoms with Gasteiger partial charge in [0.05, 0.1) is 12.2 Å². The molecule has 0 spiro atoms. The van der Waals surface area contributed by atoms with Crippen LogP contribution in [0.25, 0.3) is 0 Å². The van der Waals surface area contributed by atoms with E-state index >= 15 is 0 Å². The maximum atomic E-state index is 12.5. The van der Waals surface area contributed by atoms with Gasteiger partial charge in [0.2, 0.25) is 5.91 Å². The van der Waals surface area contributed by atoms with E-state index in [0.717, 1.165) is 64.8 Å². The van der Waals surface area contributed by atoms with E-state index in [0.29, 0.717) is 24.0 Å². The minimum Gasteiger partial charge on any atom is -0.375 e. The van der Waals surface area contributed by atoms with E-state index in [-0.39, 0.29) is 0 Å². The third-order valence-electron chi connectivity index (χ3n) is 6.78. The first-order valence-electron chi connectivity index (χ1n) is 11.3. The van der Waals surface area contributed by atoms with Crippen molar-refractivity contribution in [1.29, 1.82) is 0 Å². The van der Waals surface area contributed by atoms with Crippen LogP contribution in [-0.4, -0.2) is 59.1 Å². The van der Waals surface area contributed by atoms with Gasteiger partial charge in [-0.25, -0.2) is 0 Å². The van der Waals surface area contributed by atoms with E-state index in [9.17, 15) is 4.79 Å². The van der Waals surface area contributed by atoms with E-state index in [2.05, 4.69) is 20.9 Å². The van der Waals surface area contributed by atoms with Crippen molar-refractivity contribution in [1.82, 2.24) is 14.8 Å². The number of pyridine rings is 1. The van der Waals surface area contributed by atoms with E-state index in [1.807, 2.05) is 18.5 Å². The van der Waals surface area contributed by atoms with Gasteiger partial charge in [-0.05, 0) is 56.1 Å². The molecule has 0 radical (unpaired) electrons. The molecule has 0 unspecified atom stereocenters. The molecular weight excluding hydrogens is 350 g/mol. The summed E-state index contributed by atoms with van der Waals surface area (Å²) in [6, 6.07) is 4.16. The van der Waals surface area contributed by atoms with Crippen LogP contribution >= 0.6 is 0 Å². The number of likely N-dealkylation sites (tertiary alicyclic amines) is 2. The number of hydrogen-bond acceptors (Lipinski definition) is 4. The Balaban J connectivity index is 1.13. The largest absolute Gasteiger partial charge is 0.375 e. The molecule has 28 heavy (non-hydrogen) atoms. The Hall–Kier alpha value is -1.46. The molecule has 0 atom stereocenters. The summed E-state index contributed by atoms with van der Waals surface area (Å²) in [6.45, 7) is 4.95. The molecule has 2 aliphatic heterocycles. The minimum absolute atomic E-state index is 0.338. The van der Waals surface area contributed by atoms with Crippen molar-refractivity contribution >= 4 is 5.91 Å². The number of aromatic nitrogens is 1. The van der Waals surface area contributed by atoms with Crippen molar-refractivity contribution < 1.29 is 9.53 Å². The fourth-order valence-electron chi connectivity index (χ4n) is 5.06. The summed E-state index contributed by atoms with van der Waals surface area (Å²) in [5, 5.41) is 0. The highest BCUT2D eigenvalue weighted by atomic mass is 16.5. The molecule has 5 nitrogen and oxygen atoms in total. The monoisotopic (exact) mass is 385 g/mol. The second kappa shape index (κ2) is 9.84. The molecule has 0 N–H and O–H groups in total. The van der Waals surface area contributed by atoms with E-state index in [1.54, 1.807) is 0 Å². The van der Waals surface area contributed by atoms with Crippen LogP contribution in [0.4, 0.5) is 0 Å². The maximum Gasteiger partial charge on any atom is 0.222 e. The van der Waals surface area contributed by atoms with Gasteiger partial charge in [0.15, 0.2) is 0 Å². The molecule has 3 heterocycles. The topological polar surface area (TPSA) is 45.7 Å². The number of ether oxygens (including phenoxy) is 1. The van der Waals surface area contributed by atoms with E-state index in [4.69, 9.17) is 4.74 Å². The first-order chi connectivity index (χ1) is 13.8. The summed E-state index contributed by atoms with van der Waals surface area (Å²) in [5.74, 6) is 1.03. The van der Waals surface area contributed by atoms with Crippen LogP contribution in [0.1, 0.15) is 63.4 Å². The van der Waals surface area contributed by atoms with Crippen LogP contribution in [0.3, 0.4) is 0 Å². The van der Waals surface area contributed by atoms with Gasteiger partial charge in [-0.1, -0.05) is 18.9 Å². The Morgan fingerprint density at radius 1 is 1.00 bits per heavy atom. The summed E-state index contributed by atoms with van der Waals surface area (Å²) in [7, 11) is 0. The standard InChI is InChI=1S/C23H35N3O2/c27-23(16-19-4-1-2-5-19)26-14-9-22(10-15-26)28-21-7-12-25(13-8-21)18-20-6-3-11-24-17-20/h3,6,11,17,19,21-22H,1-2,4-5,7-10,12-16,18H2. The van der Waals surface area contributed by atoms with E-state index in [1.165, 1.54) is 31.2 Å². The van der Waals surface area contributed by atoms with Gasteiger partial charge in [-0.15, -0.1) is 0 Å². The predicted molar refractivity (Wildman–Crippen MR) is 110 cm³/mol. The molecule has 1 aromatic heterocycles. The Kier molecular flexibility index (Phi) is 6.97. The summed E-state index contributed by atoms with van der Waals surface area (Å²) >= 11 is 0. The number of amides is 1. The summed E-state index contributed by atoms with van der Waals surface area (Å²) in [5.41, 5.74) is 1.29. The first-order valence-corrected chi connectivity index (χ1v) is 11.3. The summed E-state index contributed by atoms with van der Waals surface area (Å²) in [6.07, 6.45) is 14.7. The molecule has 4 rings (SSSR count). The molecule has 2 saturated heterocycles. The number of rotatable bonds is 6. The first kappa shape index (κ1) is 19.8. The molecule has 1 aromatic rings. The van der Waals surface area contributed by atoms with Crippen LogP contribution in [0, 0.1) is 5.92 Å². The van der Waals surface area contributed by atoms with Crippen molar-refractivity contribution in [3.8, 4) is 0 Å². The molecule has 1 amide bonds. The van der Waals surface area contributed by atoms with Crippen molar-refractivity contribution in [2.75, 3.05) is 26.2 Å². The van der Waals surface area contributed by atoms with Crippen LogP contribution in [0.2, 0.25) is 0 Å². The van der Waals surface area contributed by atoms with Gasteiger partial charge < -0.3 is 9.64 Å². The number of nitrogens with zero attached hydrogens (tertiary/aromatic N) is 3. The minimum atomic E-state index is 0.338. The molecule has 3 aliphatic rings. The Labute approximate surface area is 169 Å². The van der Waals surface area contributed by atoms with Crippen molar-refractivity contribution in [2.45, 2.75) is 76.5 Å². The second-order valence-corrected chi connectivity index (χ2v) is 8.91. The van der Waals surface area contributed by atoms with Gasteiger partial charge in [0.1, 0.15) is 0 Å². The molecule has 5 heteroatoms. The molecule has 1 saturated carbocycles. The molecule has 1 aliphatic carbocycles. The van der Waals surface area contributed by atoms with Gasteiger partial charge in [-0.2, -0.15) is 0 Å². The quantitative estimate of drug-likeness (QED) is 0.750. The van der Waals surface area contributed by atoms with Gasteiger partial charge >= 0.3 is 0 Å². The van der Waals surface area contributed by atoms with Crippen LogP contribution in [-0.2, 0) is 16.1 Å². The zero-order valence-corrected chi connectivity index (χ0v) is 17.1. The zero-order valence-electron chi connectivity index (χ0n) is 17.1. The lowest BCUT2D eigenvalue weighted by molar-refractivity contribution is -0.136. The highest BCUT2D eigenvalue weighted by molar-refractivity contribution is 5.76.